The number of carbonyl (C=O) groups excluding carboxylic acids is 1. The van der Waals surface area contributed by atoms with Gasteiger partial charge in [0.05, 0.1) is 0 Å². The van der Waals surface area contributed by atoms with Gasteiger partial charge in [-0.1, -0.05) is 6.92 Å². The summed E-state index contributed by atoms with van der Waals surface area (Å²) in [5.74, 6) is 0.161. The highest BCUT2D eigenvalue weighted by molar-refractivity contribution is 5.76. The van der Waals surface area contributed by atoms with Crippen molar-refractivity contribution in [2.75, 3.05) is 19.7 Å². The molecule has 0 saturated carbocycles. The van der Waals surface area contributed by atoms with Crippen LogP contribution in [0.15, 0.2) is 0 Å². The number of hydrogen-bond acceptors (Lipinski definition) is 2. The second-order valence-electron chi connectivity index (χ2n) is 2.80. The van der Waals surface area contributed by atoms with Crippen LogP contribution in [0.5, 0.6) is 0 Å². The fourth-order valence-corrected chi connectivity index (χ4v) is 1.12. The first kappa shape index (κ1) is 11.4. The van der Waals surface area contributed by atoms with Crippen LogP contribution in [0.1, 0.15) is 33.1 Å². The molecule has 0 rings (SSSR count). The van der Waals surface area contributed by atoms with Crippen LogP contribution in [-0.2, 0) is 4.79 Å². The van der Waals surface area contributed by atoms with Crippen molar-refractivity contribution in [3.63, 3.8) is 0 Å². The van der Waals surface area contributed by atoms with Gasteiger partial charge in [0.15, 0.2) is 0 Å². The fraction of sp³-hybridized carbons (Fsp3) is 0.889. The summed E-state index contributed by atoms with van der Waals surface area (Å²) >= 11 is 0. The molecule has 0 radical (unpaired) electrons. The molecule has 0 fully saturated rings. The molecule has 3 heteroatoms. The fourth-order valence-electron chi connectivity index (χ4n) is 1.12. The highest BCUT2D eigenvalue weighted by Gasteiger charge is 2.08. The summed E-state index contributed by atoms with van der Waals surface area (Å²) in [6.45, 7) is 5.75. The maximum Gasteiger partial charge on any atom is 0.222 e. The van der Waals surface area contributed by atoms with Crippen molar-refractivity contribution in [3.8, 4) is 0 Å². The van der Waals surface area contributed by atoms with Gasteiger partial charge in [0.1, 0.15) is 0 Å². The Morgan fingerprint density at radius 2 is 2.08 bits per heavy atom. The zero-order valence-electron chi connectivity index (χ0n) is 8.05. The largest absolute Gasteiger partial charge is 0.396 e. The summed E-state index contributed by atoms with van der Waals surface area (Å²) in [7, 11) is 0. The maximum absolute atomic E-state index is 11.3. The second-order valence-corrected chi connectivity index (χ2v) is 2.80. The summed E-state index contributed by atoms with van der Waals surface area (Å²) in [5.41, 5.74) is 0. The van der Waals surface area contributed by atoms with Crippen LogP contribution in [0.2, 0.25) is 0 Å². The number of amides is 1. The van der Waals surface area contributed by atoms with Gasteiger partial charge < -0.3 is 10.0 Å². The minimum Gasteiger partial charge on any atom is -0.396 e. The Balaban J connectivity index is 3.69. The zero-order valence-corrected chi connectivity index (χ0v) is 8.05. The van der Waals surface area contributed by atoms with Crippen molar-refractivity contribution in [2.45, 2.75) is 33.1 Å². The highest BCUT2D eigenvalue weighted by Crippen LogP contribution is 1.98. The zero-order chi connectivity index (χ0) is 9.40. The molecule has 0 aliphatic heterocycles. The van der Waals surface area contributed by atoms with Gasteiger partial charge in [0.2, 0.25) is 5.91 Å². The van der Waals surface area contributed by atoms with Crippen molar-refractivity contribution in [1.82, 2.24) is 4.90 Å². The Hall–Kier alpha value is -0.570. The van der Waals surface area contributed by atoms with E-state index in [0.29, 0.717) is 12.8 Å². The normalized spacial score (nSPS) is 9.92. The number of hydrogen-bond donors (Lipinski definition) is 1. The Kier molecular flexibility index (Phi) is 6.76. The molecule has 0 aliphatic rings. The summed E-state index contributed by atoms with van der Waals surface area (Å²) in [6.07, 6.45) is 2.06. The minimum atomic E-state index is 0.107. The van der Waals surface area contributed by atoms with E-state index in [4.69, 9.17) is 5.11 Å². The standard InChI is InChI=1S/C9H19NO2/c1-3-7-10(4-2)9(12)6-5-8-11/h11H,3-8H2,1-2H3. The van der Waals surface area contributed by atoms with E-state index >= 15 is 0 Å². The van der Waals surface area contributed by atoms with E-state index in [2.05, 4.69) is 6.92 Å². The van der Waals surface area contributed by atoms with Crippen LogP contribution in [-0.4, -0.2) is 35.6 Å². The van der Waals surface area contributed by atoms with Crippen molar-refractivity contribution < 1.29 is 9.90 Å². The highest BCUT2D eigenvalue weighted by atomic mass is 16.3. The summed E-state index contributed by atoms with van der Waals surface area (Å²) in [5, 5.41) is 8.53. The molecule has 1 amide bonds. The van der Waals surface area contributed by atoms with E-state index in [1.807, 2.05) is 11.8 Å². The molecule has 0 aromatic heterocycles. The molecule has 1 N–H and O–H groups in total. The predicted octanol–water partition coefficient (Wildman–Crippen LogP) is 1.02. The topological polar surface area (TPSA) is 40.5 Å². The molecule has 0 aromatic rings. The molecule has 0 aliphatic carbocycles. The number of aliphatic hydroxyl groups is 1. The average Bonchev–Trinajstić information content (AvgIpc) is 2.10. The molecule has 0 aromatic carbocycles. The van der Waals surface area contributed by atoms with Crippen LogP contribution < -0.4 is 0 Å². The van der Waals surface area contributed by atoms with Gasteiger partial charge in [-0.3, -0.25) is 4.79 Å². The van der Waals surface area contributed by atoms with Gasteiger partial charge in [-0.2, -0.15) is 0 Å². The van der Waals surface area contributed by atoms with E-state index in [-0.39, 0.29) is 12.5 Å². The lowest BCUT2D eigenvalue weighted by Crippen LogP contribution is -2.31. The summed E-state index contributed by atoms with van der Waals surface area (Å²) < 4.78 is 0. The molecule has 0 bridgehead atoms. The van der Waals surface area contributed by atoms with Crippen molar-refractivity contribution in [1.29, 1.82) is 0 Å². The van der Waals surface area contributed by atoms with Gasteiger partial charge in [0.25, 0.3) is 0 Å². The molecular formula is C9H19NO2. The van der Waals surface area contributed by atoms with Crippen molar-refractivity contribution in [3.05, 3.63) is 0 Å². The average molecular weight is 173 g/mol. The molecule has 0 spiro atoms. The van der Waals surface area contributed by atoms with Crippen LogP contribution in [0.25, 0.3) is 0 Å². The van der Waals surface area contributed by atoms with Gasteiger partial charge in [-0.15, -0.1) is 0 Å². The third-order valence-corrected chi connectivity index (χ3v) is 1.78. The van der Waals surface area contributed by atoms with Crippen LogP contribution >= 0.6 is 0 Å². The Morgan fingerprint density at radius 3 is 2.50 bits per heavy atom. The molecular weight excluding hydrogens is 154 g/mol. The summed E-state index contributed by atoms with van der Waals surface area (Å²) in [4.78, 5) is 13.2. The first-order valence-corrected chi connectivity index (χ1v) is 4.64. The predicted molar refractivity (Wildman–Crippen MR) is 48.9 cm³/mol. The lowest BCUT2D eigenvalue weighted by atomic mass is 10.2. The lowest BCUT2D eigenvalue weighted by Gasteiger charge is -2.19. The Labute approximate surface area is 74.4 Å². The minimum absolute atomic E-state index is 0.107. The first-order valence-electron chi connectivity index (χ1n) is 4.64. The molecule has 0 atom stereocenters. The van der Waals surface area contributed by atoms with Gasteiger partial charge in [-0.05, 0) is 19.8 Å². The molecule has 12 heavy (non-hydrogen) atoms. The van der Waals surface area contributed by atoms with E-state index in [9.17, 15) is 4.79 Å². The van der Waals surface area contributed by atoms with Crippen LogP contribution in [0.4, 0.5) is 0 Å². The van der Waals surface area contributed by atoms with Gasteiger partial charge >= 0.3 is 0 Å². The molecule has 3 nitrogen and oxygen atoms in total. The lowest BCUT2D eigenvalue weighted by molar-refractivity contribution is -0.131. The summed E-state index contributed by atoms with van der Waals surface area (Å²) in [6, 6.07) is 0. The van der Waals surface area contributed by atoms with E-state index in [1.54, 1.807) is 0 Å². The first-order chi connectivity index (χ1) is 5.76. The van der Waals surface area contributed by atoms with Gasteiger partial charge in [-0.25, -0.2) is 0 Å². The monoisotopic (exact) mass is 173 g/mol. The van der Waals surface area contributed by atoms with E-state index in [0.717, 1.165) is 19.5 Å². The third-order valence-electron chi connectivity index (χ3n) is 1.78. The smallest absolute Gasteiger partial charge is 0.222 e. The molecule has 72 valence electrons. The third kappa shape index (κ3) is 4.34. The van der Waals surface area contributed by atoms with Crippen molar-refractivity contribution in [2.24, 2.45) is 0 Å². The molecule has 0 heterocycles. The maximum atomic E-state index is 11.3. The van der Waals surface area contributed by atoms with E-state index in [1.165, 1.54) is 0 Å². The SMILES string of the molecule is CCCN(CC)C(=O)CCCO. The number of rotatable bonds is 6. The van der Waals surface area contributed by atoms with Crippen molar-refractivity contribution >= 4 is 5.91 Å². The van der Waals surface area contributed by atoms with E-state index < -0.39 is 0 Å². The van der Waals surface area contributed by atoms with Crippen LogP contribution in [0.3, 0.4) is 0 Å². The Bertz CT molecular complexity index is 126. The molecule has 0 saturated heterocycles. The number of nitrogens with zero attached hydrogens (tertiary/aromatic N) is 1. The second kappa shape index (κ2) is 7.10. The van der Waals surface area contributed by atoms with Crippen LogP contribution in [0, 0.1) is 0 Å². The Morgan fingerprint density at radius 1 is 1.42 bits per heavy atom. The molecule has 0 unspecified atom stereocenters. The number of carbonyl (C=O) groups is 1. The number of aliphatic hydroxyl groups excluding tert-OH is 1. The quantitative estimate of drug-likeness (QED) is 0.651. The van der Waals surface area contributed by atoms with Gasteiger partial charge in [0, 0.05) is 26.1 Å².